The average Bonchev–Trinajstić information content (AvgIpc) is 2.57. The molecule has 8 heteroatoms. The van der Waals surface area contributed by atoms with E-state index in [1.165, 1.54) is 0 Å². The lowest BCUT2D eigenvalue weighted by atomic mass is 10.1. The Kier molecular flexibility index (Phi) is 5.79. The molecule has 1 aliphatic rings. The highest BCUT2D eigenvalue weighted by Crippen LogP contribution is 2.14. The molecule has 0 aromatic carbocycles. The van der Waals surface area contributed by atoms with Crippen LogP contribution in [0.1, 0.15) is 6.42 Å². The number of rotatable bonds is 2. The molecule has 3 heterocycles. The van der Waals surface area contributed by atoms with E-state index in [0.717, 1.165) is 0 Å². The van der Waals surface area contributed by atoms with Gasteiger partial charge in [0.1, 0.15) is 0 Å². The molecule has 3 rings (SSSR count). The second kappa shape index (κ2) is 8.04. The summed E-state index contributed by atoms with van der Waals surface area (Å²) in [6.07, 6.45) is 8.79. The fourth-order valence-corrected chi connectivity index (χ4v) is 1.89. The van der Waals surface area contributed by atoms with Crippen molar-refractivity contribution in [2.45, 2.75) is 6.42 Å². The monoisotopic (exact) mass is 319 g/mol. The summed E-state index contributed by atoms with van der Waals surface area (Å²) in [5, 5.41) is 9.07. The molecular formula is C14H14ClN5O2. The summed E-state index contributed by atoms with van der Waals surface area (Å²) in [6, 6.07) is 3.47. The molecule has 0 saturated heterocycles. The molecule has 0 saturated carbocycles. The lowest BCUT2D eigenvalue weighted by Gasteiger charge is -2.24. The van der Waals surface area contributed by atoms with Crippen LogP contribution in [0, 0.1) is 0 Å². The largest absolute Gasteiger partial charge is 0.478 e. The van der Waals surface area contributed by atoms with Gasteiger partial charge in [-0.2, -0.15) is 0 Å². The van der Waals surface area contributed by atoms with Crippen LogP contribution >= 0.6 is 11.6 Å². The van der Waals surface area contributed by atoms with Crippen molar-refractivity contribution in [2.75, 3.05) is 18.0 Å². The molecule has 1 aliphatic heterocycles. The standard InChI is InChI=1S/C10H11N3O2.C4H3ClN2/c14-9(15)8-2-6-13(7-3-8)10-11-4-1-5-12-10;5-4-6-2-1-3-7-4/h1-2,4-5H,3,6-7H2,(H,14,15);1-3H. The minimum absolute atomic E-state index is 0.294. The van der Waals surface area contributed by atoms with Crippen molar-refractivity contribution in [1.82, 2.24) is 19.9 Å². The maximum Gasteiger partial charge on any atom is 0.331 e. The smallest absolute Gasteiger partial charge is 0.331 e. The highest BCUT2D eigenvalue weighted by molar-refractivity contribution is 6.28. The Hall–Kier alpha value is -2.54. The fourth-order valence-electron chi connectivity index (χ4n) is 1.78. The summed E-state index contributed by atoms with van der Waals surface area (Å²) in [6.45, 7) is 1.22. The van der Waals surface area contributed by atoms with Gasteiger partial charge >= 0.3 is 5.97 Å². The van der Waals surface area contributed by atoms with E-state index >= 15 is 0 Å². The number of anilines is 1. The summed E-state index contributed by atoms with van der Waals surface area (Å²) < 4.78 is 0. The van der Waals surface area contributed by atoms with Gasteiger partial charge in [0.25, 0.3) is 0 Å². The minimum atomic E-state index is -0.830. The number of hydrogen-bond acceptors (Lipinski definition) is 6. The number of carboxylic acids is 1. The van der Waals surface area contributed by atoms with Crippen molar-refractivity contribution in [3.8, 4) is 0 Å². The molecule has 0 bridgehead atoms. The first-order chi connectivity index (χ1) is 10.7. The van der Waals surface area contributed by atoms with Crippen molar-refractivity contribution in [2.24, 2.45) is 0 Å². The second-order valence-electron chi connectivity index (χ2n) is 4.30. The summed E-state index contributed by atoms with van der Waals surface area (Å²) in [4.78, 5) is 28.1. The Morgan fingerprint density at radius 3 is 2.09 bits per heavy atom. The summed E-state index contributed by atoms with van der Waals surface area (Å²) in [7, 11) is 0. The van der Waals surface area contributed by atoms with Gasteiger partial charge in [0, 0.05) is 43.4 Å². The third-order valence-corrected chi connectivity index (χ3v) is 3.05. The molecular weight excluding hydrogens is 306 g/mol. The molecule has 114 valence electrons. The van der Waals surface area contributed by atoms with Gasteiger partial charge in [-0.25, -0.2) is 24.7 Å². The van der Waals surface area contributed by atoms with Crippen LogP contribution in [0.2, 0.25) is 5.28 Å². The topological polar surface area (TPSA) is 92.1 Å². The minimum Gasteiger partial charge on any atom is -0.478 e. The Morgan fingerprint density at radius 1 is 1.09 bits per heavy atom. The quantitative estimate of drug-likeness (QED) is 0.844. The van der Waals surface area contributed by atoms with Crippen molar-refractivity contribution >= 4 is 23.5 Å². The summed E-state index contributed by atoms with van der Waals surface area (Å²) >= 11 is 5.32. The number of hydrogen-bond donors (Lipinski definition) is 1. The molecule has 2 aromatic heterocycles. The number of aliphatic carboxylic acids is 1. The predicted molar refractivity (Wildman–Crippen MR) is 81.6 cm³/mol. The molecule has 1 N–H and O–H groups in total. The van der Waals surface area contributed by atoms with Crippen molar-refractivity contribution in [3.63, 3.8) is 0 Å². The van der Waals surface area contributed by atoms with Crippen molar-refractivity contribution in [1.29, 1.82) is 0 Å². The van der Waals surface area contributed by atoms with E-state index in [9.17, 15) is 4.79 Å². The first-order valence-corrected chi connectivity index (χ1v) is 6.91. The number of carboxylic acid groups (broad SMARTS) is 1. The molecule has 0 aliphatic carbocycles. The maximum absolute atomic E-state index is 10.7. The molecule has 7 nitrogen and oxygen atoms in total. The normalized spacial score (nSPS) is 13.7. The Morgan fingerprint density at radius 2 is 1.68 bits per heavy atom. The highest BCUT2D eigenvalue weighted by atomic mass is 35.5. The van der Waals surface area contributed by atoms with Gasteiger partial charge < -0.3 is 10.0 Å². The van der Waals surface area contributed by atoms with Crippen molar-refractivity contribution in [3.05, 3.63) is 53.9 Å². The van der Waals surface area contributed by atoms with E-state index in [0.29, 0.717) is 36.3 Å². The Balaban J connectivity index is 0.000000211. The van der Waals surface area contributed by atoms with E-state index in [2.05, 4.69) is 19.9 Å². The van der Waals surface area contributed by atoms with Gasteiger partial charge in [-0.3, -0.25) is 0 Å². The van der Waals surface area contributed by atoms with E-state index in [-0.39, 0.29) is 0 Å². The van der Waals surface area contributed by atoms with Crippen molar-refractivity contribution < 1.29 is 9.90 Å². The molecule has 0 spiro atoms. The Bertz CT molecular complexity index is 636. The van der Waals surface area contributed by atoms with Crippen LogP contribution in [-0.4, -0.2) is 44.1 Å². The fraction of sp³-hybridized carbons (Fsp3) is 0.214. The molecule has 0 amide bonds. The van der Waals surface area contributed by atoms with E-state index in [1.807, 2.05) is 4.90 Å². The summed E-state index contributed by atoms with van der Waals surface area (Å²) in [5.74, 6) is -0.179. The van der Waals surface area contributed by atoms with Gasteiger partial charge in [0.15, 0.2) is 0 Å². The first kappa shape index (κ1) is 15.8. The molecule has 2 aromatic rings. The zero-order valence-corrected chi connectivity index (χ0v) is 12.4. The van der Waals surface area contributed by atoms with E-state index in [1.54, 1.807) is 43.0 Å². The molecule has 0 unspecified atom stereocenters. The van der Waals surface area contributed by atoms with Gasteiger partial charge in [0.2, 0.25) is 11.2 Å². The van der Waals surface area contributed by atoms with E-state index < -0.39 is 5.97 Å². The van der Waals surface area contributed by atoms with Crippen LogP contribution in [0.3, 0.4) is 0 Å². The molecule has 22 heavy (non-hydrogen) atoms. The average molecular weight is 320 g/mol. The maximum atomic E-state index is 10.7. The van der Waals surface area contributed by atoms with E-state index in [4.69, 9.17) is 16.7 Å². The molecule has 0 atom stereocenters. The highest BCUT2D eigenvalue weighted by Gasteiger charge is 2.17. The Labute approximate surface area is 132 Å². The lowest BCUT2D eigenvalue weighted by Crippen LogP contribution is -2.31. The first-order valence-electron chi connectivity index (χ1n) is 6.53. The van der Waals surface area contributed by atoms with Gasteiger partial charge in [-0.15, -0.1) is 0 Å². The van der Waals surface area contributed by atoms with Crippen LogP contribution in [0.15, 0.2) is 48.6 Å². The number of aromatic nitrogens is 4. The van der Waals surface area contributed by atoms with Crippen LogP contribution in [-0.2, 0) is 4.79 Å². The summed E-state index contributed by atoms with van der Waals surface area (Å²) in [5.41, 5.74) is 0.474. The number of carbonyl (C=O) groups is 1. The third-order valence-electron chi connectivity index (χ3n) is 2.85. The predicted octanol–water partition coefficient (Wildman–Crippen LogP) is 1.83. The molecule has 0 radical (unpaired) electrons. The van der Waals surface area contributed by atoms with Crippen LogP contribution < -0.4 is 4.90 Å². The van der Waals surface area contributed by atoms with Gasteiger partial charge in [0.05, 0.1) is 0 Å². The second-order valence-corrected chi connectivity index (χ2v) is 4.64. The number of nitrogens with zero attached hydrogens (tertiary/aromatic N) is 5. The zero-order chi connectivity index (χ0) is 15.8. The van der Waals surface area contributed by atoms with Crippen LogP contribution in [0.5, 0.6) is 0 Å². The molecule has 0 fully saturated rings. The zero-order valence-electron chi connectivity index (χ0n) is 11.6. The van der Waals surface area contributed by atoms with Gasteiger partial charge in [-0.05, 0) is 30.2 Å². The SMILES string of the molecule is Clc1ncccn1.O=C(O)C1=CCN(c2ncccn2)CC1. The third kappa shape index (κ3) is 4.78. The number of halogens is 1. The van der Waals surface area contributed by atoms with Crippen LogP contribution in [0.25, 0.3) is 0 Å². The van der Waals surface area contributed by atoms with Gasteiger partial charge in [-0.1, -0.05) is 6.08 Å². The lowest BCUT2D eigenvalue weighted by molar-refractivity contribution is -0.132. The van der Waals surface area contributed by atoms with Crippen LogP contribution in [0.4, 0.5) is 5.95 Å².